The van der Waals surface area contributed by atoms with Crippen LogP contribution in [-0.2, 0) is 21.6 Å². The van der Waals surface area contributed by atoms with Crippen molar-refractivity contribution in [1.29, 1.82) is 0 Å². The zero-order valence-electron chi connectivity index (χ0n) is 24.5. The standard InChI is InChI=1S/C32H54O4S2/c1-31(2,23-33)21-9-7-13-25-15-11-19-29(37(25)35)27-17-5-6-18-28(27)30-20-12-16-26(38(30)36)14-8-10-22-32(3,4)24-34/h5-6,17-18,25-26,29-30,33-34H,7-16,19-24H2,1-4H3. The van der Waals surface area contributed by atoms with E-state index in [0.717, 1.165) is 89.9 Å². The Kier molecular flexibility index (Phi) is 12.5. The number of unbranched alkanes of at least 4 members (excludes halogenated alkanes) is 2. The van der Waals surface area contributed by atoms with Crippen molar-refractivity contribution in [3.8, 4) is 0 Å². The summed E-state index contributed by atoms with van der Waals surface area (Å²) in [6.45, 7) is 8.86. The molecule has 0 radical (unpaired) electrons. The Bertz CT molecular complexity index is 839. The summed E-state index contributed by atoms with van der Waals surface area (Å²) in [7, 11) is -1.82. The molecule has 0 amide bonds. The number of rotatable bonds is 14. The first-order valence-corrected chi connectivity index (χ1v) is 17.7. The molecule has 6 atom stereocenters. The third-order valence-corrected chi connectivity index (χ3v) is 13.4. The molecule has 2 heterocycles. The lowest BCUT2D eigenvalue weighted by Gasteiger charge is -2.34. The number of benzene rings is 1. The predicted octanol–water partition coefficient (Wildman–Crippen LogP) is 7.53. The molecule has 2 N–H and O–H groups in total. The molecule has 1 aromatic carbocycles. The first-order valence-electron chi connectivity index (χ1n) is 15.2. The van der Waals surface area contributed by atoms with E-state index < -0.39 is 21.6 Å². The number of aliphatic hydroxyl groups is 2. The second-order valence-corrected chi connectivity index (χ2v) is 17.3. The maximum Gasteiger partial charge on any atom is 0.0603 e. The van der Waals surface area contributed by atoms with E-state index in [1.807, 2.05) is 0 Å². The molecular formula is C32H54O4S2. The average Bonchev–Trinajstić information content (AvgIpc) is 2.91. The summed E-state index contributed by atoms with van der Waals surface area (Å²) in [5.74, 6) is 0. The Balaban J connectivity index is 1.63. The van der Waals surface area contributed by atoms with Crippen LogP contribution in [0.4, 0.5) is 0 Å². The van der Waals surface area contributed by atoms with Crippen LogP contribution in [0, 0.1) is 10.8 Å². The van der Waals surface area contributed by atoms with Gasteiger partial charge in [-0.25, -0.2) is 0 Å². The van der Waals surface area contributed by atoms with Crippen molar-refractivity contribution in [2.45, 2.75) is 139 Å². The highest BCUT2D eigenvalue weighted by Crippen LogP contribution is 2.43. The Morgan fingerprint density at radius 1 is 0.684 bits per heavy atom. The molecule has 0 aliphatic carbocycles. The summed E-state index contributed by atoms with van der Waals surface area (Å²) in [4.78, 5) is 0. The van der Waals surface area contributed by atoms with Crippen molar-refractivity contribution < 1.29 is 18.6 Å². The maximum absolute atomic E-state index is 13.8. The predicted molar refractivity (Wildman–Crippen MR) is 162 cm³/mol. The molecule has 218 valence electrons. The molecule has 2 aliphatic heterocycles. The molecule has 0 spiro atoms. The van der Waals surface area contributed by atoms with Gasteiger partial charge in [0.1, 0.15) is 0 Å². The van der Waals surface area contributed by atoms with Crippen LogP contribution in [0.15, 0.2) is 24.3 Å². The minimum absolute atomic E-state index is 0.0310. The molecule has 2 saturated heterocycles. The number of aliphatic hydroxyl groups excluding tert-OH is 2. The molecule has 2 aliphatic rings. The van der Waals surface area contributed by atoms with Gasteiger partial charge in [-0.05, 0) is 73.3 Å². The minimum atomic E-state index is -0.912. The van der Waals surface area contributed by atoms with Gasteiger partial charge in [-0.15, -0.1) is 0 Å². The van der Waals surface area contributed by atoms with Gasteiger partial charge in [0, 0.05) is 45.3 Å². The molecule has 3 rings (SSSR count). The minimum Gasteiger partial charge on any atom is -0.396 e. The van der Waals surface area contributed by atoms with Crippen LogP contribution >= 0.6 is 0 Å². The highest BCUT2D eigenvalue weighted by molar-refractivity contribution is 7.86. The van der Waals surface area contributed by atoms with E-state index in [4.69, 9.17) is 0 Å². The zero-order chi connectivity index (χ0) is 27.8. The fraction of sp³-hybridized carbons (Fsp3) is 0.812. The third-order valence-electron chi connectivity index (χ3n) is 9.01. The molecule has 38 heavy (non-hydrogen) atoms. The fourth-order valence-corrected chi connectivity index (χ4v) is 10.5. The van der Waals surface area contributed by atoms with Gasteiger partial charge in [0.2, 0.25) is 0 Å². The van der Waals surface area contributed by atoms with Crippen LogP contribution in [0.5, 0.6) is 0 Å². The highest BCUT2D eigenvalue weighted by atomic mass is 32.2. The summed E-state index contributed by atoms with van der Waals surface area (Å²) in [5, 5.41) is 19.6. The summed E-state index contributed by atoms with van der Waals surface area (Å²) in [5.41, 5.74) is 2.33. The van der Waals surface area contributed by atoms with Crippen LogP contribution in [0.3, 0.4) is 0 Å². The van der Waals surface area contributed by atoms with Crippen molar-refractivity contribution in [3.05, 3.63) is 35.4 Å². The van der Waals surface area contributed by atoms with Crippen LogP contribution in [0.25, 0.3) is 0 Å². The number of hydrogen-bond acceptors (Lipinski definition) is 4. The van der Waals surface area contributed by atoms with Crippen molar-refractivity contribution in [1.82, 2.24) is 0 Å². The Morgan fingerprint density at radius 2 is 1.08 bits per heavy atom. The Morgan fingerprint density at radius 3 is 1.45 bits per heavy atom. The lowest BCUT2D eigenvalue weighted by molar-refractivity contribution is 0.147. The summed E-state index contributed by atoms with van der Waals surface area (Å²) in [6, 6.07) is 8.48. The van der Waals surface area contributed by atoms with Crippen LogP contribution in [0.1, 0.15) is 139 Å². The van der Waals surface area contributed by atoms with Gasteiger partial charge in [-0.1, -0.05) is 90.5 Å². The van der Waals surface area contributed by atoms with E-state index in [2.05, 4.69) is 52.0 Å². The van der Waals surface area contributed by atoms with E-state index in [1.54, 1.807) is 0 Å². The van der Waals surface area contributed by atoms with Gasteiger partial charge in [0.25, 0.3) is 0 Å². The first kappa shape index (κ1) is 32.0. The van der Waals surface area contributed by atoms with Crippen LogP contribution < -0.4 is 0 Å². The number of hydrogen-bond donors (Lipinski definition) is 2. The molecule has 0 aromatic heterocycles. The van der Waals surface area contributed by atoms with E-state index in [9.17, 15) is 18.6 Å². The van der Waals surface area contributed by atoms with Gasteiger partial charge in [-0.3, -0.25) is 8.42 Å². The van der Waals surface area contributed by atoms with Gasteiger partial charge in [0.05, 0.1) is 10.5 Å². The van der Waals surface area contributed by atoms with Gasteiger partial charge in [0.15, 0.2) is 0 Å². The molecule has 0 saturated carbocycles. The van der Waals surface area contributed by atoms with Gasteiger partial charge < -0.3 is 10.2 Å². The first-order chi connectivity index (χ1) is 18.1. The zero-order valence-corrected chi connectivity index (χ0v) is 26.1. The quantitative estimate of drug-likeness (QED) is 0.228. The van der Waals surface area contributed by atoms with Crippen LogP contribution in [0.2, 0.25) is 0 Å². The summed E-state index contributed by atoms with van der Waals surface area (Å²) < 4.78 is 27.6. The summed E-state index contributed by atoms with van der Waals surface area (Å²) >= 11 is 0. The normalized spacial score (nSPS) is 28.9. The van der Waals surface area contributed by atoms with Crippen molar-refractivity contribution in [3.63, 3.8) is 0 Å². The second-order valence-electron chi connectivity index (χ2n) is 13.5. The van der Waals surface area contributed by atoms with Crippen molar-refractivity contribution in [2.24, 2.45) is 10.8 Å². The lowest BCUT2D eigenvalue weighted by Crippen LogP contribution is -2.29. The smallest absolute Gasteiger partial charge is 0.0603 e. The van der Waals surface area contributed by atoms with E-state index in [0.29, 0.717) is 0 Å². The average molecular weight is 567 g/mol. The Labute approximate surface area is 237 Å². The molecule has 1 aromatic rings. The van der Waals surface area contributed by atoms with Gasteiger partial charge >= 0.3 is 0 Å². The van der Waals surface area contributed by atoms with Crippen molar-refractivity contribution in [2.75, 3.05) is 13.2 Å². The third kappa shape index (κ3) is 8.97. The molecule has 6 unspecified atom stereocenters. The highest BCUT2D eigenvalue weighted by Gasteiger charge is 2.36. The molecule has 6 heteroatoms. The van der Waals surface area contributed by atoms with E-state index in [1.165, 1.54) is 11.1 Å². The summed E-state index contributed by atoms with van der Waals surface area (Å²) in [6.07, 6.45) is 14.5. The fourth-order valence-electron chi connectivity index (χ4n) is 6.28. The lowest BCUT2D eigenvalue weighted by atomic mass is 9.87. The Hall–Kier alpha value is -0.560. The topological polar surface area (TPSA) is 74.6 Å². The van der Waals surface area contributed by atoms with Crippen LogP contribution in [-0.4, -0.2) is 42.3 Å². The van der Waals surface area contributed by atoms with E-state index >= 15 is 0 Å². The monoisotopic (exact) mass is 566 g/mol. The largest absolute Gasteiger partial charge is 0.396 e. The van der Waals surface area contributed by atoms with Gasteiger partial charge in [-0.2, -0.15) is 0 Å². The second kappa shape index (κ2) is 14.9. The van der Waals surface area contributed by atoms with E-state index in [-0.39, 0.29) is 45.0 Å². The molecule has 0 bridgehead atoms. The molecule has 2 fully saturated rings. The van der Waals surface area contributed by atoms with Crippen molar-refractivity contribution >= 4 is 21.6 Å². The molecular weight excluding hydrogens is 512 g/mol. The SMILES string of the molecule is CC(C)(CO)CCCCC1CCCC(c2ccccc2C2CCCC(CCCCC(C)(C)CO)S2=O)S1=O. The molecule has 4 nitrogen and oxygen atoms in total. The maximum atomic E-state index is 13.8.